The molecule has 0 amide bonds. The van der Waals surface area contributed by atoms with E-state index in [1.807, 2.05) is 12.1 Å². The molecule has 96 valence electrons. The smallest absolute Gasteiger partial charge is 0.134 e. The normalized spacial score (nSPS) is 12.6. The molecule has 0 saturated heterocycles. The number of hydrogen-bond donors (Lipinski definition) is 3. The Hall–Kier alpha value is -1.81. The number of phenols is 1. The highest BCUT2D eigenvalue weighted by atomic mass is 16.3. The van der Waals surface area contributed by atoms with Crippen LogP contribution in [0.1, 0.15) is 19.8 Å². The van der Waals surface area contributed by atoms with Crippen molar-refractivity contribution in [3.05, 3.63) is 30.5 Å². The van der Waals surface area contributed by atoms with E-state index >= 15 is 0 Å². The van der Waals surface area contributed by atoms with E-state index in [0.29, 0.717) is 6.42 Å². The summed E-state index contributed by atoms with van der Waals surface area (Å²) in [6, 6.07) is 7.33. The number of anilines is 1. The van der Waals surface area contributed by atoms with Gasteiger partial charge in [-0.15, -0.1) is 0 Å². The van der Waals surface area contributed by atoms with Gasteiger partial charge in [-0.1, -0.05) is 13.0 Å². The maximum absolute atomic E-state index is 9.55. The van der Waals surface area contributed by atoms with Gasteiger partial charge in [0.25, 0.3) is 0 Å². The quantitative estimate of drug-likeness (QED) is 0.758. The Balaban J connectivity index is 2.34. The van der Waals surface area contributed by atoms with Crippen LogP contribution in [0, 0.1) is 0 Å². The molecule has 0 aliphatic carbocycles. The van der Waals surface area contributed by atoms with Crippen molar-refractivity contribution in [3.8, 4) is 5.75 Å². The topological polar surface area (TPSA) is 65.4 Å². The first kappa shape index (κ1) is 12.6. The van der Waals surface area contributed by atoms with Gasteiger partial charge in [0.2, 0.25) is 0 Å². The highest BCUT2D eigenvalue weighted by Gasteiger charge is 2.09. The second-order valence-electron chi connectivity index (χ2n) is 4.33. The van der Waals surface area contributed by atoms with E-state index in [4.69, 9.17) is 5.11 Å². The van der Waals surface area contributed by atoms with Gasteiger partial charge >= 0.3 is 0 Å². The molecule has 0 fully saturated rings. The molecule has 1 aromatic carbocycles. The van der Waals surface area contributed by atoms with Gasteiger partial charge in [0, 0.05) is 24.2 Å². The molecule has 4 heteroatoms. The number of benzene rings is 1. The number of aliphatic hydroxyl groups is 1. The molecule has 2 aromatic rings. The Morgan fingerprint density at radius 2 is 2.17 bits per heavy atom. The van der Waals surface area contributed by atoms with Gasteiger partial charge in [0.1, 0.15) is 11.6 Å². The van der Waals surface area contributed by atoms with E-state index in [1.54, 1.807) is 18.3 Å². The van der Waals surface area contributed by atoms with Gasteiger partial charge in [-0.05, 0) is 36.4 Å². The molecule has 1 aromatic heterocycles. The van der Waals surface area contributed by atoms with Gasteiger partial charge in [-0.25, -0.2) is 4.98 Å². The van der Waals surface area contributed by atoms with Crippen LogP contribution in [0.3, 0.4) is 0 Å². The first-order chi connectivity index (χ1) is 8.74. The van der Waals surface area contributed by atoms with Crippen LogP contribution < -0.4 is 5.32 Å². The van der Waals surface area contributed by atoms with Crippen LogP contribution in [0.4, 0.5) is 5.82 Å². The maximum atomic E-state index is 9.55. The summed E-state index contributed by atoms with van der Waals surface area (Å²) in [7, 11) is 0. The molecule has 1 atom stereocenters. The molecule has 0 spiro atoms. The fraction of sp³-hybridized carbons (Fsp3) is 0.357. The fourth-order valence-corrected chi connectivity index (χ4v) is 2.00. The standard InChI is InChI=1S/C14H18N2O2/c1-2-11(6-8-17)16-14-13-9-12(18)4-3-10(13)5-7-15-14/h3-5,7,9,11,17-18H,2,6,8H2,1H3,(H,15,16). The maximum Gasteiger partial charge on any atom is 0.134 e. The predicted octanol–water partition coefficient (Wildman–Crippen LogP) is 2.51. The van der Waals surface area contributed by atoms with E-state index in [9.17, 15) is 5.11 Å². The van der Waals surface area contributed by atoms with Gasteiger partial charge < -0.3 is 15.5 Å². The molecule has 0 radical (unpaired) electrons. The highest BCUT2D eigenvalue weighted by Crippen LogP contribution is 2.26. The van der Waals surface area contributed by atoms with Crippen molar-refractivity contribution in [2.24, 2.45) is 0 Å². The Morgan fingerprint density at radius 1 is 1.33 bits per heavy atom. The van der Waals surface area contributed by atoms with Crippen molar-refractivity contribution >= 4 is 16.6 Å². The fourth-order valence-electron chi connectivity index (χ4n) is 2.00. The third-order valence-electron chi connectivity index (χ3n) is 3.06. The van der Waals surface area contributed by atoms with Crippen LogP contribution in [0.5, 0.6) is 5.75 Å². The molecule has 2 rings (SSSR count). The monoisotopic (exact) mass is 246 g/mol. The van der Waals surface area contributed by atoms with Crippen molar-refractivity contribution in [1.29, 1.82) is 0 Å². The lowest BCUT2D eigenvalue weighted by atomic mass is 10.1. The first-order valence-electron chi connectivity index (χ1n) is 6.19. The van der Waals surface area contributed by atoms with Gasteiger partial charge in [-0.2, -0.15) is 0 Å². The second-order valence-corrected chi connectivity index (χ2v) is 4.33. The largest absolute Gasteiger partial charge is 0.508 e. The summed E-state index contributed by atoms with van der Waals surface area (Å²) in [5, 5.41) is 23.8. The summed E-state index contributed by atoms with van der Waals surface area (Å²) < 4.78 is 0. The summed E-state index contributed by atoms with van der Waals surface area (Å²) in [6.45, 7) is 2.22. The molecular weight excluding hydrogens is 228 g/mol. The molecule has 1 heterocycles. The molecule has 0 bridgehead atoms. The summed E-state index contributed by atoms with van der Waals surface area (Å²) in [6.07, 6.45) is 3.35. The highest BCUT2D eigenvalue weighted by molar-refractivity contribution is 5.92. The molecule has 0 aliphatic heterocycles. The minimum Gasteiger partial charge on any atom is -0.508 e. The number of aromatic hydroxyl groups is 1. The number of rotatable bonds is 5. The number of hydrogen-bond acceptors (Lipinski definition) is 4. The SMILES string of the molecule is CCC(CCO)Nc1nccc2ccc(O)cc12. The molecule has 18 heavy (non-hydrogen) atoms. The lowest BCUT2D eigenvalue weighted by Crippen LogP contribution is -2.20. The molecule has 4 nitrogen and oxygen atoms in total. The van der Waals surface area contributed by atoms with E-state index in [2.05, 4.69) is 17.2 Å². The number of phenolic OH excluding ortho intramolecular Hbond substituents is 1. The molecule has 0 saturated carbocycles. The molecular formula is C14H18N2O2. The van der Waals surface area contributed by atoms with E-state index in [1.165, 1.54) is 0 Å². The molecule has 1 unspecified atom stereocenters. The Bertz CT molecular complexity index is 528. The van der Waals surface area contributed by atoms with Crippen molar-refractivity contribution in [3.63, 3.8) is 0 Å². The average molecular weight is 246 g/mol. The van der Waals surface area contributed by atoms with Crippen LogP contribution >= 0.6 is 0 Å². The van der Waals surface area contributed by atoms with Crippen LogP contribution in [-0.2, 0) is 0 Å². The minimum atomic E-state index is 0.154. The lowest BCUT2D eigenvalue weighted by molar-refractivity contribution is 0.278. The second kappa shape index (κ2) is 5.69. The summed E-state index contributed by atoms with van der Waals surface area (Å²) in [5.41, 5.74) is 0. The van der Waals surface area contributed by atoms with Crippen LogP contribution in [0.2, 0.25) is 0 Å². The first-order valence-corrected chi connectivity index (χ1v) is 6.19. The number of aromatic nitrogens is 1. The van der Waals surface area contributed by atoms with Gasteiger partial charge in [0.05, 0.1) is 0 Å². The zero-order valence-electron chi connectivity index (χ0n) is 10.4. The van der Waals surface area contributed by atoms with E-state index in [0.717, 1.165) is 23.0 Å². The number of aliphatic hydroxyl groups excluding tert-OH is 1. The number of nitrogens with one attached hydrogen (secondary N) is 1. The third-order valence-corrected chi connectivity index (χ3v) is 3.06. The summed E-state index contributed by atoms with van der Waals surface area (Å²) >= 11 is 0. The van der Waals surface area contributed by atoms with Crippen LogP contribution in [0.25, 0.3) is 10.8 Å². The van der Waals surface area contributed by atoms with Crippen LogP contribution in [-0.4, -0.2) is 27.8 Å². The Labute approximate surface area is 106 Å². The summed E-state index contributed by atoms with van der Waals surface area (Å²) in [5.74, 6) is 0.984. The predicted molar refractivity (Wildman–Crippen MR) is 72.8 cm³/mol. The van der Waals surface area contributed by atoms with Crippen molar-refractivity contribution < 1.29 is 10.2 Å². The third kappa shape index (κ3) is 2.71. The average Bonchev–Trinajstić information content (AvgIpc) is 2.38. The summed E-state index contributed by atoms with van der Waals surface area (Å²) in [4.78, 5) is 4.31. The van der Waals surface area contributed by atoms with Crippen molar-refractivity contribution in [2.45, 2.75) is 25.8 Å². The molecule has 0 aliphatic rings. The number of nitrogens with zero attached hydrogens (tertiary/aromatic N) is 1. The van der Waals surface area contributed by atoms with Gasteiger partial charge in [0.15, 0.2) is 0 Å². The number of fused-ring (bicyclic) bond motifs is 1. The Kier molecular flexibility index (Phi) is 3.99. The van der Waals surface area contributed by atoms with E-state index in [-0.39, 0.29) is 18.4 Å². The van der Waals surface area contributed by atoms with E-state index < -0.39 is 0 Å². The molecule has 3 N–H and O–H groups in total. The van der Waals surface area contributed by atoms with Crippen molar-refractivity contribution in [1.82, 2.24) is 4.98 Å². The van der Waals surface area contributed by atoms with Crippen molar-refractivity contribution in [2.75, 3.05) is 11.9 Å². The lowest BCUT2D eigenvalue weighted by Gasteiger charge is -2.17. The minimum absolute atomic E-state index is 0.154. The zero-order chi connectivity index (χ0) is 13.0. The number of pyridine rings is 1. The Morgan fingerprint density at radius 3 is 2.89 bits per heavy atom. The van der Waals surface area contributed by atoms with Gasteiger partial charge in [-0.3, -0.25) is 0 Å². The zero-order valence-corrected chi connectivity index (χ0v) is 10.4. The van der Waals surface area contributed by atoms with Crippen LogP contribution in [0.15, 0.2) is 30.5 Å².